The fraction of sp³-hybridized carbons (Fsp3) is 0.250. The van der Waals surface area contributed by atoms with Gasteiger partial charge in [-0.2, -0.15) is 8.42 Å². The van der Waals surface area contributed by atoms with Gasteiger partial charge in [0.15, 0.2) is 28.0 Å². The number of aliphatic hydroxyl groups excluding tert-OH is 1. The Balaban J connectivity index is 2.12. The predicted molar refractivity (Wildman–Crippen MR) is 128 cm³/mol. The summed E-state index contributed by atoms with van der Waals surface area (Å²) in [6.07, 6.45) is 1.47. The van der Waals surface area contributed by atoms with E-state index in [2.05, 4.69) is 9.71 Å². The number of carboxylic acids is 1. The van der Waals surface area contributed by atoms with Gasteiger partial charge >= 0.3 is 5.97 Å². The normalized spacial score (nSPS) is 11.2. The lowest BCUT2D eigenvalue weighted by molar-refractivity contribution is 0.0696. The van der Waals surface area contributed by atoms with E-state index in [9.17, 15) is 23.4 Å². The maximum Gasteiger partial charge on any atom is 0.335 e. The van der Waals surface area contributed by atoms with Crippen molar-refractivity contribution in [2.24, 2.45) is 0 Å². The Labute approximate surface area is 203 Å². The van der Waals surface area contributed by atoms with Gasteiger partial charge in [0.25, 0.3) is 10.0 Å². The van der Waals surface area contributed by atoms with Crippen LogP contribution in [-0.4, -0.2) is 49.9 Å². The number of rotatable bonds is 11. The number of sulfonamides is 1. The first-order valence-electron chi connectivity index (χ1n) is 10.6. The van der Waals surface area contributed by atoms with Crippen molar-refractivity contribution < 1.29 is 37.6 Å². The number of hydrogen-bond acceptors (Lipinski definition) is 8. The molecule has 1 aromatic heterocycles. The zero-order valence-electron chi connectivity index (χ0n) is 19.4. The number of pyridine rings is 1. The summed E-state index contributed by atoms with van der Waals surface area (Å²) in [5.74, 6) is -0.787. The van der Waals surface area contributed by atoms with Gasteiger partial charge in [0, 0.05) is 6.20 Å². The smallest absolute Gasteiger partial charge is 0.335 e. The van der Waals surface area contributed by atoms with Crippen LogP contribution in [0.2, 0.25) is 0 Å². The summed E-state index contributed by atoms with van der Waals surface area (Å²) in [5.41, 5.74) is 0.404. The third-order valence-electron chi connectivity index (χ3n) is 4.88. The lowest BCUT2D eigenvalue weighted by atomic mass is 10.1. The van der Waals surface area contributed by atoms with Gasteiger partial charge in [0.1, 0.15) is 6.61 Å². The summed E-state index contributed by atoms with van der Waals surface area (Å²) in [5, 5.41) is 18.5. The predicted octanol–water partition coefficient (Wildman–Crippen LogP) is 3.88. The Morgan fingerprint density at radius 1 is 1.09 bits per heavy atom. The number of nitrogens with one attached hydrogen (secondary N) is 1. The molecule has 0 amide bonds. The molecule has 0 fully saturated rings. The molecule has 10 nitrogen and oxygen atoms in total. The highest BCUT2D eigenvalue weighted by Crippen LogP contribution is 2.43. The second-order valence-electron chi connectivity index (χ2n) is 7.67. The summed E-state index contributed by atoms with van der Waals surface area (Å²) in [7, 11) is -2.80. The second kappa shape index (κ2) is 11.1. The molecule has 1 heterocycles. The number of benzene rings is 2. The van der Waals surface area contributed by atoms with Gasteiger partial charge in [-0.05, 0) is 41.8 Å². The van der Waals surface area contributed by atoms with Crippen molar-refractivity contribution in [1.82, 2.24) is 4.98 Å². The van der Waals surface area contributed by atoms with E-state index < -0.39 is 16.0 Å². The van der Waals surface area contributed by atoms with Crippen molar-refractivity contribution in [2.45, 2.75) is 24.8 Å². The number of carbonyl (C=O) groups is 1. The highest BCUT2D eigenvalue weighted by Gasteiger charge is 2.24. The number of aliphatic hydroxyl groups is 1. The molecule has 0 spiro atoms. The Morgan fingerprint density at radius 3 is 2.37 bits per heavy atom. The molecule has 35 heavy (non-hydrogen) atoms. The number of hydrogen-bond donors (Lipinski definition) is 3. The SMILES string of the molecule is COc1ccccc1Oc1c(NS(=O)(=O)c2ccc(C(C)C)cn2)cc(C(=O)O)cc1OCCO. The minimum Gasteiger partial charge on any atom is -0.493 e. The van der Waals surface area contributed by atoms with Gasteiger partial charge in [-0.3, -0.25) is 4.72 Å². The third kappa shape index (κ3) is 6.19. The molecule has 2 aromatic carbocycles. The third-order valence-corrected chi connectivity index (χ3v) is 6.16. The number of aromatic carboxylic acids is 1. The van der Waals surface area contributed by atoms with E-state index in [0.29, 0.717) is 5.75 Å². The molecule has 186 valence electrons. The van der Waals surface area contributed by atoms with Crippen LogP contribution in [0.3, 0.4) is 0 Å². The molecule has 0 aliphatic heterocycles. The van der Waals surface area contributed by atoms with Crippen LogP contribution in [0.5, 0.6) is 23.0 Å². The molecule has 0 bridgehead atoms. The van der Waals surface area contributed by atoms with Gasteiger partial charge in [-0.1, -0.05) is 32.0 Å². The van der Waals surface area contributed by atoms with Crippen molar-refractivity contribution in [3.05, 3.63) is 65.9 Å². The molecule has 0 aliphatic rings. The molecule has 0 radical (unpaired) electrons. The number of ether oxygens (including phenoxy) is 3. The molecular weight excluding hydrogens is 476 g/mol. The maximum absolute atomic E-state index is 13.1. The van der Waals surface area contributed by atoms with Gasteiger partial charge in [-0.15, -0.1) is 0 Å². The van der Waals surface area contributed by atoms with Crippen LogP contribution in [0.15, 0.2) is 59.8 Å². The molecule has 0 saturated heterocycles. The van der Waals surface area contributed by atoms with Gasteiger partial charge in [0.05, 0.1) is 25.0 Å². The minimum absolute atomic E-state index is 0.0920. The lowest BCUT2D eigenvalue weighted by Gasteiger charge is -2.19. The van der Waals surface area contributed by atoms with Crippen LogP contribution >= 0.6 is 0 Å². The zero-order chi connectivity index (χ0) is 25.6. The van der Waals surface area contributed by atoms with E-state index in [1.54, 1.807) is 30.3 Å². The van der Waals surface area contributed by atoms with E-state index in [0.717, 1.165) is 11.6 Å². The lowest BCUT2D eigenvalue weighted by Crippen LogP contribution is -2.16. The van der Waals surface area contributed by atoms with Crippen molar-refractivity contribution in [3.63, 3.8) is 0 Å². The van der Waals surface area contributed by atoms with Crippen LogP contribution in [0.25, 0.3) is 0 Å². The van der Waals surface area contributed by atoms with Gasteiger partial charge < -0.3 is 24.4 Å². The largest absolute Gasteiger partial charge is 0.493 e. The molecule has 3 aromatic rings. The first kappa shape index (κ1) is 25.8. The Hall–Kier alpha value is -3.83. The standard InChI is InChI=1S/C24H26N2O8S/c1-15(2)16-8-9-22(25-14-16)35(30,31)26-18-12-17(24(28)29)13-21(33-11-10-27)23(18)34-20-7-5-4-6-19(20)32-3/h4-9,12-15,26-27H,10-11H2,1-3H3,(H,28,29). The molecule has 3 N–H and O–H groups in total. The van der Waals surface area contributed by atoms with Crippen molar-refractivity contribution in [3.8, 4) is 23.0 Å². The number of anilines is 1. The van der Waals surface area contributed by atoms with Crippen LogP contribution in [0, 0.1) is 0 Å². The summed E-state index contributed by atoms with van der Waals surface area (Å²) in [6.45, 7) is 3.36. The highest BCUT2D eigenvalue weighted by molar-refractivity contribution is 7.92. The average molecular weight is 503 g/mol. The van der Waals surface area contributed by atoms with Crippen molar-refractivity contribution in [1.29, 1.82) is 0 Å². The van der Waals surface area contributed by atoms with Gasteiger partial charge in [-0.25, -0.2) is 9.78 Å². The maximum atomic E-state index is 13.1. The van der Waals surface area contributed by atoms with Gasteiger partial charge in [0.2, 0.25) is 0 Å². The zero-order valence-corrected chi connectivity index (χ0v) is 20.2. The molecule has 3 rings (SSSR count). The van der Waals surface area contributed by atoms with Crippen molar-refractivity contribution in [2.75, 3.05) is 25.0 Å². The summed E-state index contributed by atoms with van der Waals surface area (Å²) in [4.78, 5) is 15.8. The topological polar surface area (TPSA) is 144 Å². The van der Waals surface area contributed by atoms with Crippen LogP contribution in [0.1, 0.15) is 35.7 Å². The molecule has 11 heteroatoms. The number of nitrogens with zero attached hydrogens (tertiary/aromatic N) is 1. The fourth-order valence-corrected chi connectivity index (χ4v) is 4.06. The molecule has 0 atom stereocenters. The van der Waals surface area contributed by atoms with E-state index >= 15 is 0 Å². The Morgan fingerprint density at radius 2 is 1.80 bits per heavy atom. The summed E-state index contributed by atoms with van der Waals surface area (Å²) < 4.78 is 45.4. The van der Waals surface area contributed by atoms with E-state index in [1.165, 1.54) is 25.4 Å². The van der Waals surface area contributed by atoms with Crippen LogP contribution in [-0.2, 0) is 10.0 Å². The van der Waals surface area contributed by atoms with Crippen molar-refractivity contribution >= 4 is 21.7 Å². The van der Waals surface area contributed by atoms with E-state index in [1.807, 2.05) is 13.8 Å². The Bertz CT molecular complexity index is 1290. The van der Waals surface area contributed by atoms with E-state index in [4.69, 9.17) is 14.2 Å². The first-order valence-corrected chi connectivity index (χ1v) is 12.1. The fourth-order valence-electron chi connectivity index (χ4n) is 3.07. The first-order chi connectivity index (χ1) is 16.7. The molecule has 0 saturated carbocycles. The molecular formula is C24H26N2O8S. The summed E-state index contributed by atoms with van der Waals surface area (Å²) >= 11 is 0. The number of aromatic nitrogens is 1. The minimum atomic E-state index is -4.24. The summed E-state index contributed by atoms with van der Waals surface area (Å²) in [6, 6.07) is 11.9. The number of carboxylic acid groups (broad SMARTS) is 1. The average Bonchev–Trinajstić information content (AvgIpc) is 2.84. The number of para-hydroxylation sites is 2. The molecule has 0 aliphatic carbocycles. The van der Waals surface area contributed by atoms with E-state index in [-0.39, 0.29) is 52.7 Å². The Kier molecular flexibility index (Phi) is 8.15. The second-order valence-corrected chi connectivity index (χ2v) is 9.30. The quantitative estimate of drug-likeness (QED) is 0.356. The van der Waals surface area contributed by atoms with Crippen LogP contribution < -0.4 is 18.9 Å². The monoisotopic (exact) mass is 502 g/mol. The highest BCUT2D eigenvalue weighted by atomic mass is 32.2. The van der Waals surface area contributed by atoms with Crippen LogP contribution in [0.4, 0.5) is 5.69 Å². The number of methoxy groups -OCH3 is 1. The molecule has 0 unspecified atom stereocenters.